The third-order valence-electron chi connectivity index (χ3n) is 1.75. The summed E-state index contributed by atoms with van der Waals surface area (Å²) in [6.45, 7) is 4.40. The van der Waals surface area contributed by atoms with Crippen LogP contribution in [-0.4, -0.2) is 46.7 Å². The summed E-state index contributed by atoms with van der Waals surface area (Å²) in [6, 6.07) is 0. The van der Waals surface area contributed by atoms with Gasteiger partial charge in [-0.3, -0.25) is 0 Å². The zero-order valence-corrected chi connectivity index (χ0v) is 9.17. The minimum atomic E-state index is 0.673. The van der Waals surface area contributed by atoms with E-state index in [1.165, 1.54) is 0 Å². The minimum absolute atomic E-state index is 0.673. The highest BCUT2D eigenvalue weighted by Crippen LogP contribution is 1.88. The van der Waals surface area contributed by atoms with Gasteiger partial charge in [0.25, 0.3) is 0 Å². The van der Waals surface area contributed by atoms with E-state index in [4.69, 9.17) is 19.9 Å². The molecule has 0 amide bonds. The molecule has 0 saturated heterocycles. The summed E-state index contributed by atoms with van der Waals surface area (Å²) in [5, 5.41) is 0. The molecule has 0 fully saturated rings. The first kappa shape index (κ1) is 13.8. The molecule has 4 heteroatoms. The van der Waals surface area contributed by atoms with Gasteiger partial charge in [0.1, 0.15) is 0 Å². The van der Waals surface area contributed by atoms with Crippen molar-refractivity contribution in [3.8, 4) is 0 Å². The van der Waals surface area contributed by atoms with Gasteiger partial charge in [0.15, 0.2) is 0 Å². The Bertz CT molecular complexity index is 89.4. The van der Waals surface area contributed by atoms with E-state index in [0.717, 1.165) is 45.6 Å². The highest BCUT2D eigenvalue weighted by atomic mass is 16.5. The van der Waals surface area contributed by atoms with Gasteiger partial charge in [-0.2, -0.15) is 0 Å². The molecule has 0 spiro atoms. The molecule has 0 aliphatic heterocycles. The molecule has 86 valence electrons. The van der Waals surface area contributed by atoms with E-state index in [0.29, 0.717) is 13.2 Å². The molecule has 0 atom stereocenters. The van der Waals surface area contributed by atoms with E-state index in [1.54, 1.807) is 7.11 Å². The Hall–Kier alpha value is -0.160. The molecule has 0 heterocycles. The van der Waals surface area contributed by atoms with Gasteiger partial charge in [0.05, 0.1) is 13.2 Å². The van der Waals surface area contributed by atoms with Gasteiger partial charge in [-0.05, 0) is 25.8 Å². The second-order valence-electron chi connectivity index (χ2n) is 3.07. The van der Waals surface area contributed by atoms with Crippen molar-refractivity contribution in [2.75, 3.05) is 46.7 Å². The summed E-state index contributed by atoms with van der Waals surface area (Å²) >= 11 is 0. The lowest BCUT2D eigenvalue weighted by Crippen LogP contribution is -2.08. The maximum Gasteiger partial charge on any atom is 0.0700 e. The highest BCUT2D eigenvalue weighted by Gasteiger charge is 1.90. The Labute approximate surface area is 86.7 Å². The van der Waals surface area contributed by atoms with Crippen molar-refractivity contribution in [3.05, 3.63) is 0 Å². The Balaban J connectivity index is 2.78. The molecule has 0 unspecified atom stereocenters. The van der Waals surface area contributed by atoms with Gasteiger partial charge in [0, 0.05) is 26.9 Å². The first-order chi connectivity index (χ1) is 6.91. The third kappa shape index (κ3) is 11.8. The lowest BCUT2D eigenvalue weighted by atomic mass is 10.3. The van der Waals surface area contributed by atoms with E-state index in [2.05, 4.69) is 0 Å². The van der Waals surface area contributed by atoms with Crippen molar-refractivity contribution in [1.29, 1.82) is 0 Å². The van der Waals surface area contributed by atoms with Gasteiger partial charge >= 0.3 is 0 Å². The molecule has 0 aliphatic rings. The molecule has 0 aromatic carbocycles. The van der Waals surface area contributed by atoms with Crippen molar-refractivity contribution in [1.82, 2.24) is 0 Å². The molecule has 0 radical (unpaired) electrons. The normalized spacial score (nSPS) is 10.7. The molecular formula is C10H23NO3. The van der Waals surface area contributed by atoms with Crippen molar-refractivity contribution >= 4 is 0 Å². The van der Waals surface area contributed by atoms with Crippen LogP contribution in [-0.2, 0) is 14.2 Å². The Morgan fingerprint density at radius 3 is 2.00 bits per heavy atom. The number of nitrogens with two attached hydrogens (primary N) is 1. The maximum atomic E-state index is 5.35. The molecule has 0 bridgehead atoms. The number of ether oxygens (including phenoxy) is 3. The van der Waals surface area contributed by atoms with E-state index >= 15 is 0 Å². The fourth-order valence-electron chi connectivity index (χ4n) is 0.976. The summed E-state index contributed by atoms with van der Waals surface area (Å²) in [5.41, 5.74) is 5.35. The van der Waals surface area contributed by atoms with Crippen LogP contribution < -0.4 is 5.73 Å². The molecule has 0 rings (SSSR count). The van der Waals surface area contributed by atoms with Gasteiger partial charge in [-0.1, -0.05) is 0 Å². The van der Waals surface area contributed by atoms with Crippen LogP contribution in [0.4, 0.5) is 0 Å². The summed E-state index contributed by atoms with van der Waals surface area (Å²) < 4.78 is 15.5. The predicted molar refractivity (Wildman–Crippen MR) is 56.4 cm³/mol. The fourth-order valence-corrected chi connectivity index (χ4v) is 0.976. The summed E-state index contributed by atoms with van der Waals surface area (Å²) in [5.74, 6) is 0. The van der Waals surface area contributed by atoms with Crippen LogP contribution in [0.15, 0.2) is 0 Å². The Kier molecular flexibility index (Phi) is 12.7. The van der Waals surface area contributed by atoms with Gasteiger partial charge in [0.2, 0.25) is 0 Å². The van der Waals surface area contributed by atoms with Crippen molar-refractivity contribution in [2.24, 2.45) is 5.73 Å². The number of unbranched alkanes of at least 4 members (excludes halogenated alkanes) is 1. The largest absolute Gasteiger partial charge is 0.385 e. The first-order valence-corrected chi connectivity index (χ1v) is 5.26. The Morgan fingerprint density at radius 1 is 0.786 bits per heavy atom. The number of methoxy groups -OCH3 is 1. The SMILES string of the molecule is COCCCOCCOCCCCN. The topological polar surface area (TPSA) is 53.7 Å². The van der Waals surface area contributed by atoms with Crippen molar-refractivity contribution < 1.29 is 14.2 Å². The average Bonchev–Trinajstić information content (AvgIpc) is 2.21. The quantitative estimate of drug-likeness (QED) is 0.507. The highest BCUT2D eigenvalue weighted by molar-refractivity contribution is 4.39. The molecule has 4 nitrogen and oxygen atoms in total. The number of hydrogen-bond acceptors (Lipinski definition) is 4. The van der Waals surface area contributed by atoms with Crippen LogP contribution in [0.25, 0.3) is 0 Å². The van der Waals surface area contributed by atoms with Gasteiger partial charge < -0.3 is 19.9 Å². The van der Waals surface area contributed by atoms with E-state index < -0.39 is 0 Å². The average molecular weight is 205 g/mol. The van der Waals surface area contributed by atoms with Crippen LogP contribution in [0.1, 0.15) is 19.3 Å². The first-order valence-electron chi connectivity index (χ1n) is 5.26. The standard InChI is InChI=1S/C10H23NO3/c1-12-6-4-8-14-10-9-13-7-3-2-5-11/h2-11H2,1H3. The minimum Gasteiger partial charge on any atom is -0.385 e. The molecule has 0 aromatic heterocycles. The van der Waals surface area contributed by atoms with Crippen LogP contribution in [0.2, 0.25) is 0 Å². The van der Waals surface area contributed by atoms with Crippen molar-refractivity contribution in [2.45, 2.75) is 19.3 Å². The maximum absolute atomic E-state index is 5.35. The summed E-state index contributed by atoms with van der Waals surface area (Å²) in [4.78, 5) is 0. The van der Waals surface area contributed by atoms with E-state index in [1.807, 2.05) is 0 Å². The monoisotopic (exact) mass is 205 g/mol. The zero-order chi connectivity index (χ0) is 10.5. The smallest absolute Gasteiger partial charge is 0.0700 e. The molecule has 0 saturated carbocycles. The lowest BCUT2D eigenvalue weighted by Gasteiger charge is -2.05. The predicted octanol–water partition coefficient (Wildman–Crippen LogP) is 0.795. The number of rotatable bonds is 11. The van der Waals surface area contributed by atoms with Crippen LogP contribution in [0.3, 0.4) is 0 Å². The van der Waals surface area contributed by atoms with Gasteiger partial charge in [-0.25, -0.2) is 0 Å². The van der Waals surface area contributed by atoms with Crippen LogP contribution >= 0.6 is 0 Å². The molecule has 2 N–H and O–H groups in total. The van der Waals surface area contributed by atoms with Crippen molar-refractivity contribution in [3.63, 3.8) is 0 Å². The number of hydrogen-bond donors (Lipinski definition) is 1. The van der Waals surface area contributed by atoms with E-state index in [9.17, 15) is 0 Å². The lowest BCUT2D eigenvalue weighted by molar-refractivity contribution is 0.0389. The van der Waals surface area contributed by atoms with Gasteiger partial charge in [-0.15, -0.1) is 0 Å². The fraction of sp³-hybridized carbons (Fsp3) is 1.00. The second kappa shape index (κ2) is 12.8. The second-order valence-corrected chi connectivity index (χ2v) is 3.07. The van der Waals surface area contributed by atoms with E-state index in [-0.39, 0.29) is 0 Å². The molecular weight excluding hydrogens is 182 g/mol. The summed E-state index contributed by atoms with van der Waals surface area (Å²) in [7, 11) is 1.69. The summed E-state index contributed by atoms with van der Waals surface area (Å²) in [6.07, 6.45) is 3.03. The molecule has 14 heavy (non-hydrogen) atoms. The zero-order valence-electron chi connectivity index (χ0n) is 9.17. The van der Waals surface area contributed by atoms with Crippen LogP contribution in [0, 0.1) is 0 Å². The Morgan fingerprint density at radius 2 is 1.43 bits per heavy atom. The third-order valence-corrected chi connectivity index (χ3v) is 1.75. The van der Waals surface area contributed by atoms with Crippen LogP contribution in [0.5, 0.6) is 0 Å². The molecule has 0 aromatic rings. The molecule has 0 aliphatic carbocycles.